The highest BCUT2D eigenvalue weighted by Gasteiger charge is 2.17. The van der Waals surface area contributed by atoms with Crippen LogP contribution in [0, 0.1) is 17.6 Å². The van der Waals surface area contributed by atoms with Crippen LogP contribution in [-0.4, -0.2) is 20.2 Å². The summed E-state index contributed by atoms with van der Waals surface area (Å²) >= 11 is 0. The second-order valence-corrected chi connectivity index (χ2v) is 4.48. The van der Waals surface area contributed by atoms with Gasteiger partial charge in [-0.25, -0.2) is 8.78 Å². The van der Waals surface area contributed by atoms with Crippen LogP contribution in [0.25, 0.3) is 0 Å². The molecular weight excluding hydrogens is 224 g/mol. The molecule has 1 aromatic carbocycles. The van der Waals surface area contributed by atoms with Crippen LogP contribution >= 0.6 is 0 Å². The first-order chi connectivity index (χ1) is 8.20. The third-order valence-corrected chi connectivity index (χ3v) is 3.29. The van der Waals surface area contributed by atoms with Crippen molar-refractivity contribution in [2.45, 2.75) is 19.3 Å². The van der Waals surface area contributed by atoms with Crippen LogP contribution < -0.4 is 10.1 Å². The maximum Gasteiger partial charge on any atom is 0.162 e. The summed E-state index contributed by atoms with van der Waals surface area (Å²) in [6, 6.07) is 2.39. The van der Waals surface area contributed by atoms with Crippen LogP contribution in [0.3, 0.4) is 0 Å². The highest BCUT2D eigenvalue weighted by molar-refractivity contribution is 5.35. The summed E-state index contributed by atoms with van der Waals surface area (Å²) in [7, 11) is 1.48. The first-order valence-electron chi connectivity index (χ1n) is 5.93. The van der Waals surface area contributed by atoms with E-state index in [0.29, 0.717) is 11.7 Å². The van der Waals surface area contributed by atoms with Gasteiger partial charge in [0.1, 0.15) is 5.75 Å². The Morgan fingerprint density at radius 3 is 2.53 bits per heavy atom. The van der Waals surface area contributed by atoms with Gasteiger partial charge in [-0.1, -0.05) is 0 Å². The molecule has 0 radical (unpaired) electrons. The second kappa shape index (κ2) is 5.45. The third-order valence-electron chi connectivity index (χ3n) is 3.29. The lowest BCUT2D eigenvalue weighted by molar-refractivity contribution is 0.358. The number of benzene rings is 1. The summed E-state index contributed by atoms with van der Waals surface area (Å²) in [6.07, 6.45) is 2.90. The van der Waals surface area contributed by atoms with E-state index in [0.717, 1.165) is 44.0 Å². The molecule has 2 nitrogen and oxygen atoms in total. The summed E-state index contributed by atoms with van der Waals surface area (Å²) in [5, 5.41) is 3.28. The van der Waals surface area contributed by atoms with Gasteiger partial charge in [0, 0.05) is 6.07 Å². The van der Waals surface area contributed by atoms with Crippen molar-refractivity contribution >= 4 is 0 Å². The number of methoxy groups -OCH3 is 1. The average molecular weight is 241 g/mol. The van der Waals surface area contributed by atoms with Crippen molar-refractivity contribution in [3.05, 3.63) is 29.3 Å². The van der Waals surface area contributed by atoms with Crippen molar-refractivity contribution in [3.8, 4) is 5.75 Å². The van der Waals surface area contributed by atoms with Crippen LogP contribution in [0.5, 0.6) is 5.75 Å². The predicted molar refractivity (Wildman–Crippen MR) is 62.2 cm³/mol. The maximum absolute atomic E-state index is 13.2. The van der Waals surface area contributed by atoms with Gasteiger partial charge in [0.25, 0.3) is 0 Å². The molecule has 1 saturated heterocycles. The standard InChI is InChI=1S/C13H17F2NO/c1-17-13-8-12(15)11(14)7-10(13)6-9-2-4-16-5-3-9/h7-9,16H,2-6H2,1H3. The van der Waals surface area contributed by atoms with Gasteiger partial charge in [0.2, 0.25) is 0 Å². The Morgan fingerprint density at radius 2 is 1.88 bits per heavy atom. The lowest BCUT2D eigenvalue weighted by Crippen LogP contribution is -2.28. The zero-order chi connectivity index (χ0) is 12.3. The van der Waals surface area contributed by atoms with Gasteiger partial charge >= 0.3 is 0 Å². The van der Waals surface area contributed by atoms with E-state index in [4.69, 9.17) is 4.74 Å². The molecule has 1 aromatic rings. The molecule has 2 rings (SSSR count). The van der Waals surface area contributed by atoms with Crippen LogP contribution in [0.1, 0.15) is 18.4 Å². The number of rotatable bonds is 3. The molecule has 1 aliphatic heterocycles. The molecule has 0 amide bonds. The fourth-order valence-corrected chi connectivity index (χ4v) is 2.32. The molecule has 0 saturated carbocycles. The molecule has 0 aliphatic carbocycles. The van der Waals surface area contributed by atoms with E-state index in [9.17, 15) is 8.78 Å². The lowest BCUT2D eigenvalue weighted by atomic mass is 9.90. The second-order valence-electron chi connectivity index (χ2n) is 4.48. The normalized spacial score (nSPS) is 17.1. The van der Waals surface area contributed by atoms with E-state index < -0.39 is 11.6 Å². The van der Waals surface area contributed by atoms with Gasteiger partial charge in [-0.05, 0) is 49.9 Å². The van der Waals surface area contributed by atoms with E-state index in [2.05, 4.69) is 5.32 Å². The van der Waals surface area contributed by atoms with Gasteiger partial charge in [-0.15, -0.1) is 0 Å². The molecule has 1 N–H and O–H groups in total. The molecule has 1 aliphatic rings. The molecule has 4 heteroatoms. The molecule has 0 spiro atoms. The summed E-state index contributed by atoms with van der Waals surface area (Å²) in [5.41, 5.74) is 0.762. The SMILES string of the molecule is COc1cc(F)c(F)cc1CC1CCNCC1. The molecule has 1 heterocycles. The van der Waals surface area contributed by atoms with E-state index in [1.54, 1.807) is 0 Å². The Balaban J connectivity index is 2.15. The minimum Gasteiger partial charge on any atom is -0.496 e. The molecule has 0 bridgehead atoms. The highest BCUT2D eigenvalue weighted by atomic mass is 19.2. The first kappa shape index (κ1) is 12.3. The van der Waals surface area contributed by atoms with Crippen LogP contribution in [0.15, 0.2) is 12.1 Å². The molecule has 0 atom stereocenters. The van der Waals surface area contributed by atoms with Gasteiger partial charge in [0.15, 0.2) is 11.6 Å². The topological polar surface area (TPSA) is 21.3 Å². The Morgan fingerprint density at radius 1 is 1.24 bits per heavy atom. The van der Waals surface area contributed by atoms with E-state index in [1.165, 1.54) is 13.2 Å². The van der Waals surface area contributed by atoms with Gasteiger partial charge in [-0.2, -0.15) is 0 Å². The van der Waals surface area contributed by atoms with Crippen molar-refractivity contribution in [2.24, 2.45) is 5.92 Å². The molecular formula is C13H17F2NO. The fourth-order valence-electron chi connectivity index (χ4n) is 2.32. The Bertz CT molecular complexity index is 389. The lowest BCUT2D eigenvalue weighted by Gasteiger charge is -2.23. The zero-order valence-corrected chi connectivity index (χ0v) is 9.93. The monoisotopic (exact) mass is 241 g/mol. The summed E-state index contributed by atoms with van der Waals surface area (Å²) < 4.78 is 31.4. The number of halogens is 2. The van der Waals surface area contributed by atoms with Crippen LogP contribution in [-0.2, 0) is 6.42 Å². The molecule has 17 heavy (non-hydrogen) atoms. The Labute approximate surface area is 100.0 Å². The molecule has 0 unspecified atom stereocenters. The highest BCUT2D eigenvalue weighted by Crippen LogP contribution is 2.27. The summed E-state index contributed by atoms with van der Waals surface area (Å²) in [5.74, 6) is -0.678. The number of hydrogen-bond acceptors (Lipinski definition) is 2. The number of piperidine rings is 1. The van der Waals surface area contributed by atoms with Crippen LogP contribution in [0.2, 0.25) is 0 Å². The smallest absolute Gasteiger partial charge is 0.162 e. The predicted octanol–water partition coefficient (Wildman–Crippen LogP) is 2.52. The molecule has 94 valence electrons. The van der Waals surface area contributed by atoms with Crippen molar-refractivity contribution < 1.29 is 13.5 Å². The number of ether oxygens (including phenoxy) is 1. The zero-order valence-electron chi connectivity index (χ0n) is 9.93. The Hall–Kier alpha value is -1.16. The van der Waals surface area contributed by atoms with Gasteiger partial charge in [0.05, 0.1) is 7.11 Å². The fraction of sp³-hybridized carbons (Fsp3) is 0.538. The Kier molecular flexibility index (Phi) is 3.94. The van der Waals surface area contributed by atoms with E-state index in [-0.39, 0.29) is 0 Å². The van der Waals surface area contributed by atoms with Crippen LogP contribution in [0.4, 0.5) is 8.78 Å². The van der Waals surface area contributed by atoms with Crippen molar-refractivity contribution in [1.82, 2.24) is 5.32 Å². The maximum atomic E-state index is 13.2. The first-order valence-corrected chi connectivity index (χ1v) is 5.93. The molecule has 1 fully saturated rings. The van der Waals surface area contributed by atoms with Crippen molar-refractivity contribution in [3.63, 3.8) is 0 Å². The quantitative estimate of drug-likeness (QED) is 0.878. The van der Waals surface area contributed by atoms with Gasteiger partial charge < -0.3 is 10.1 Å². The van der Waals surface area contributed by atoms with Gasteiger partial charge in [-0.3, -0.25) is 0 Å². The minimum atomic E-state index is -0.851. The summed E-state index contributed by atoms with van der Waals surface area (Å²) in [4.78, 5) is 0. The number of nitrogens with one attached hydrogen (secondary N) is 1. The largest absolute Gasteiger partial charge is 0.496 e. The average Bonchev–Trinajstić information content (AvgIpc) is 2.35. The summed E-state index contributed by atoms with van der Waals surface area (Å²) in [6.45, 7) is 1.99. The minimum absolute atomic E-state index is 0.447. The third kappa shape index (κ3) is 2.94. The number of hydrogen-bond donors (Lipinski definition) is 1. The van der Waals surface area contributed by atoms with Crippen molar-refractivity contribution in [2.75, 3.05) is 20.2 Å². The van der Waals surface area contributed by atoms with E-state index >= 15 is 0 Å². The van der Waals surface area contributed by atoms with E-state index in [1.807, 2.05) is 0 Å². The van der Waals surface area contributed by atoms with Crippen molar-refractivity contribution in [1.29, 1.82) is 0 Å². The molecule has 0 aromatic heterocycles.